The third-order valence-electron chi connectivity index (χ3n) is 2.88. The molecule has 0 bridgehead atoms. The van der Waals surface area contributed by atoms with E-state index < -0.39 is 15.4 Å². The second-order valence-electron chi connectivity index (χ2n) is 4.40. The van der Waals surface area contributed by atoms with Crippen molar-refractivity contribution in [3.05, 3.63) is 24.3 Å². The van der Waals surface area contributed by atoms with Crippen LogP contribution in [0.5, 0.6) is 5.75 Å². The highest BCUT2D eigenvalue weighted by atomic mass is 32.2. The van der Waals surface area contributed by atoms with E-state index in [4.69, 9.17) is 5.11 Å². The summed E-state index contributed by atoms with van der Waals surface area (Å²) in [6.07, 6.45) is 0.435. The van der Waals surface area contributed by atoms with Crippen LogP contribution in [0.15, 0.2) is 29.2 Å². The standard InChI is InChI=1S/C11H15NO4S/c13-9-1-3-10(4-2-9)17(15,16)8-11(14)5-6-12-7-11/h1-4,12-14H,5-8H2. The van der Waals surface area contributed by atoms with Crippen LogP contribution in [-0.2, 0) is 9.84 Å². The van der Waals surface area contributed by atoms with Gasteiger partial charge < -0.3 is 15.5 Å². The molecular weight excluding hydrogens is 242 g/mol. The molecule has 1 unspecified atom stereocenters. The van der Waals surface area contributed by atoms with Gasteiger partial charge in [-0.3, -0.25) is 0 Å². The maximum atomic E-state index is 12.0. The van der Waals surface area contributed by atoms with Crippen LogP contribution >= 0.6 is 0 Å². The fourth-order valence-electron chi connectivity index (χ4n) is 1.94. The Morgan fingerprint density at radius 2 is 1.94 bits per heavy atom. The number of aromatic hydroxyl groups is 1. The molecule has 0 aliphatic carbocycles. The normalized spacial score (nSPS) is 25.0. The smallest absolute Gasteiger partial charge is 0.181 e. The van der Waals surface area contributed by atoms with Gasteiger partial charge in [0.15, 0.2) is 9.84 Å². The largest absolute Gasteiger partial charge is 0.508 e. The third-order valence-corrected chi connectivity index (χ3v) is 4.78. The summed E-state index contributed by atoms with van der Waals surface area (Å²) in [6, 6.07) is 5.33. The zero-order valence-corrected chi connectivity index (χ0v) is 10.1. The zero-order valence-electron chi connectivity index (χ0n) is 9.26. The lowest BCUT2D eigenvalue weighted by Crippen LogP contribution is -2.39. The van der Waals surface area contributed by atoms with Gasteiger partial charge in [0.1, 0.15) is 5.75 Å². The number of rotatable bonds is 3. The van der Waals surface area contributed by atoms with Gasteiger partial charge in [-0.25, -0.2) is 8.42 Å². The summed E-state index contributed by atoms with van der Waals surface area (Å²) >= 11 is 0. The van der Waals surface area contributed by atoms with Crippen LogP contribution in [0.2, 0.25) is 0 Å². The first-order valence-electron chi connectivity index (χ1n) is 5.36. The average molecular weight is 257 g/mol. The number of nitrogens with one attached hydrogen (secondary N) is 1. The number of sulfone groups is 1. The minimum Gasteiger partial charge on any atom is -0.508 e. The molecule has 0 amide bonds. The minimum absolute atomic E-state index is 0.0187. The molecule has 1 aliphatic heterocycles. The summed E-state index contributed by atoms with van der Waals surface area (Å²) in [5.41, 5.74) is -1.18. The van der Waals surface area contributed by atoms with Gasteiger partial charge in [-0.05, 0) is 37.2 Å². The second kappa shape index (κ2) is 4.29. The van der Waals surface area contributed by atoms with Crippen molar-refractivity contribution >= 4 is 9.84 Å². The lowest BCUT2D eigenvalue weighted by molar-refractivity contribution is 0.0852. The van der Waals surface area contributed by atoms with Gasteiger partial charge >= 0.3 is 0 Å². The maximum Gasteiger partial charge on any atom is 0.181 e. The van der Waals surface area contributed by atoms with Gasteiger partial charge in [0, 0.05) is 6.54 Å². The Morgan fingerprint density at radius 1 is 1.29 bits per heavy atom. The Hall–Kier alpha value is -1.11. The van der Waals surface area contributed by atoms with E-state index in [0.717, 1.165) is 0 Å². The molecule has 1 saturated heterocycles. The first-order valence-corrected chi connectivity index (χ1v) is 7.01. The molecule has 1 fully saturated rings. The third kappa shape index (κ3) is 2.77. The van der Waals surface area contributed by atoms with Crippen molar-refractivity contribution < 1.29 is 18.6 Å². The highest BCUT2D eigenvalue weighted by Gasteiger charge is 2.36. The monoisotopic (exact) mass is 257 g/mol. The molecule has 0 spiro atoms. The molecule has 1 aromatic rings. The number of hydrogen-bond donors (Lipinski definition) is 3. The van der Waals surface area contributed by atoms with Crippen LogP contribution < -0.4 is 5.32 Å². The predicted octanol–water partition coefficient (Wildman–Crippen LogP) is -0.110. The van der Waals surface area contributed by atoms with Gasteiger partial charge in [0.2, 0.25) is 0 Å². The molecule has 94 valence electrons. The summed E-state index contributed by atoms with van der Waals surface area (Å²) < 4.78 is 24.1. The van der Waals surface area contributed by atoms with Gasteiger partial charge in [0.05, 0.1) is 16.2 Å². The van der Waals surface area contributed by atoms with Crippen molar-refractivity contribution in [2.45, 2.75) is 16.9 Å². The van der Waals surface area contributed by atoms with E-state index in [1.54, 1.807) is 0 Å². The van der Waals surface area contributed by atoms with E-state index >= 15 is 0 Å². The lowest BCUT2D eigenvalue weighted by Gasteiger charge is -2.20. The first-order chi connectivity index (χ1) is 7.91. The summed E-state index contributed by atoms with van der Waals surface area (Å²) in [5.74, 6) is -0.275. The molecule has 1 aliphatic rings. The van der Waals surface area contributed by atoms with Gasteiger partial charge in [0.25, 0.3) is 0 Å². The number of aliphatic hydroxyl groups is 1. The van der Waals surface area contributed by atoms with Crippen LogP contribution in [0.3, 0.4) is 0 Å². The Bertz CT molecular complexity index is 489. The fourth-order valence-corrected chi connectivity index (χ4v) is 3.62. The molecule has 5 nitrogen and oxygen atoms in total. The Morgan fingerprint density at radius 3 is 2.47 bits per heavy atom. The van der Waals surface area contributed by atoms with Crippen LogP contribution in [0.25, 0.3) is 0 Å². The van der Waals surface area contributed by atoms with E-state index in [2.05, 4.69) is 5.32 Å². The van der Waals surface area contributed by atoms with Crippen molar-refractivity contribution in [2.24, 2.45) is 0 Å². The van der Waals surface area contributed by atoms with Crippen molar-refractivity contribution in [3.8, 4) is 5.75 Å². The quantitative estimate of drug-likeness (QED) is 0.703. The zero-order chi connectivity index (χ0) is 12.5. The molecule has 0 radical (unpaired) electrons. The number of phenols is 1. The molecule has 17 heavy (non-hydrogen) atoms. The minimum atomic E-state index is -3.52. The topological polar surface area (TPSA) is 86.6 Å². The summed E-state index contributed by atoms with van der Waals surface area (Å²) in [4.78, 5) is 0.121. The molecular formula is C11H15NO4S. The van der Waals surface area contributed by atoms with Crippen molar-refractivity contribution in [2.75, 3.05) is 18.8 Å². The molecule has 2 rings (SSSR count). The molecule has 0 aromatic heterocycles. The Balaban J connectivity index is 2.22. The summed E-state index contributed by atoms with van der Waals surface area (Å²) in [7, 11) is -3.52. The predicted molar refractivity (Wildman–Crippen MR) is 62.6 cm³/mol. The van der Waals surface area contributed by atoms with Gasteiger partial charge in [-0.1, -0.05) is 0 Å². The number of benzene rings is 1. The van der Waals surface area contributed by atoms with Gasteiger partial charge in [-0.15, -0.1) is 0 Å². The number of phenolic OH excluding ortho intramolecular Hbond substituents is 1. The molecule has 1 atom stereocenters. The molecule has 0 saturated carbocycles. The number of β-amino-alcohol motifs (C(OH)–C–C–N with tert-alkyl or cyclic N) is 1. The Kier molecular flexibility index (Phi) is 3.11. The Labute approximate surface area is 100 Å². The highest BCUT2D eigenvalue weighted by molar-refractivity contribution is 7.91. The number of hydrogen-bond acceptors (Lipinski definition) is 5. The van der Waals surface area contributed by atoms with E-state index in [1.807, 2.05) is 0 Å². The maximum absolute atomic E-state index is 12.0. The highest BCUT2D eigenvalue weighted by Crippen LogP contribution is 2.22. The molecule has 1 heterocycles. The second-order valence-corrected chi connectivity index (χ2v) is 6.39. The van der Waals surface area contributed by atoms with Crippen LogP contribution in [-0.4, -0.2) is 43.1 Å². The van der Waals surface area contributed by atoms with E-state index in [1.165, 1.54) is 24.3 Å². The average Bonchev–Trinajstić information content (AvgIpc) is 2.64. The summed E-state index contributed by atoms with van der Waals surface area (Å²) in [6.45, 7) is 0.923. The lowest BCUT2D eigenvalue weighted by atomic mass is 10.1. The van der Waals surface area contributed by atoms with E-state index in [9.17, 15) is 13.5 Å². The fraction of sp³-hybridized carbons (Fsp3) is 0.455. The van der Waals surface area contributed by atoms with E-state index in [0.29, 0.717) is 19.5 Å². The molecule has 1 aromatic carbocycles. The van der Waals surface area contributed by atoms with Crippen molar-refractivity contribution in [3.63, 3.8) is 0 Å². The van der Waals surface area contributed by atoms with E-state index in [-0.39, 0.29) is 16.4 Å². The van der Waals surface area contributed by atoms with Gasteiger partial charge in [-0.2, -0.15) is 0 Å². The van der Waals surface area contributed by atoms with Crippen molar-refractivity contribution in [1.29, 1.82) is 0 Å². The SMILES string of the molecule is O=S(=O)(CC1(O)CCNC1)c1ccc(O)cc1. The first kappa shape index (κ1) is 12.3. The van der Waals surface area contributed by atoms with Crippen LogP contribution in [0.4, 0.5) is 0 Å². The summed E-state index contributed by atoms with van der Waals surface area (Å²) in [5, 5.41) is 22.1. The molecule has 3 N–H and O–H groups in total. The van der Waals surface area contributed by atoms with Crippen LogP contribution in [0.1, 0.15) is 6.42 Å². The molecule has 6 heteroatoms. The van der Waals surface area contributed by atoms with Crippen molar-refractivity contribution in [1.82, 2.24) is 5.32 Å². The van der Waals surface area contributed by atoms with Crippen LogP contribution in [0, 0.1) is 0 Å².